The number of carbonyl (C=O) groups is 1. The van der Waals surface area contributed by atoms with Gasteiger partial charge in [-0.05, 0) is 32.0 Å². The van der Waals surface area contributed by atoms with E-state index in [4.69, 9.17) is 0 Å². The van der Waals surface area contributed by atoms with Crippen molar-refractivity contribution >= 4 is 5.78 Å². The fourth-order valence-electron chi connectivity index (χ4n) is 2.41. The van der Waals surface area contributed by atoms with Gasteiger partial charge in [0.25, 0.3) is 0 Å². The van der Waals surface area contributed by atoms with Crippen LogP contribution >= 0.6 is 0 Å². The van der Waals surface area contributed by atoms with E-state index in [1.807, 2.05) is 6.07 Å². The summed E-state index contributed by atoms with van der Waals surface area (Å²) in [6.07, 6.45) is 3.70. The van der Waals surface area contributed by atoms with Crippen LogP contribution in [0.25, 0.3) is 0 Å². The predicted octanol–water partition coefficient (Wildman–Crippen LogP) is 2.16. The fraction of sp³-hybridized carbons (Fsp3) is 0.667. The molecule has 1 atom stereocenters. The lowest BCUT2D eigenvalue weighted by atomic mass is 9.99. The number of aromatic nitrogens is 2. The third-order valence-corrected chi connectivity index (χ3v) is 3.34. The summed E-state index contributed by atoms with van der Waals surface area (Å²) >= 11 is 0. The Morgan fingerprint density at radius 3 is 3.06 bits per heavy atom. The summed E-state index contributed by atoms with van der Waals surface area (Å²) in [6.45, 7) is 5.94. The third kappa shape index (κ3) is 2.16. The van der Waals surface area contributed by atoms with Gasteiger partial charge in [-0.25, -0.2) is 0 Å². The van der Waals surface area contributed by atoms with Crippen LogP contribution in [0.15, 0.2) is 6.07 Å². The molecule has 1 aromatic heterocycles. The van der Waals surface area contributed by atoms with E-state index in [-0.39, 0.29) is 5.78 Å². The minimum atomic E-state index is 0.0290. The van der Waals surface area contributed by atoms with Crippen molar-refractivity contribution < 1.29 is 4.79 Å². The highest BCUT2D eigenvalue weighted by molar-refractivity contribution is 5.92. The average molecular weight is 221 g/mol. The molecular weight excluding hydrogens is 202 g/mol. The Balaban J connectivity index is 2.17. The maximum atomic E-state index is 11.2. The third-order valence-electron chi connectivity index (χ3n) is 3.34. The van der Waals surface area contributed by atoms with Crippen molar-refractivity contribution in [2.75, 3.05) is 13.1 Å². The standard InChI is InChI=1S/C12H19N3O/c1-3-15-7-5-4-6-12(15)11-8-10(9(2)16)13-14-11/h8,12H,3-7H2,1-2H3,(H,13,14). The Bertz CT molecular complexity index is 372. The zero-order valence-electron chi connectivity index (χ0n) is 9.99. The molecule has 0 saturated carbocycles. The number of piperidine rings is 1. The van der Waals surface area contributed by atoms with Crippen LogP contribution in [0.1, 0.15) is 55.3 Å². The number of carbonyl (C=O) groups excluding carboxylic acids is 1. The molecule has 1 aliphatic heterocycles. The van der Waals surface area contributed by atoms with Crippen molar-refractivity contribution in [3.8, 4) is 0 Å². The molecule has 1 N–H and O–H groups in total. The fourth-order valence-corrected chi connectivity index (χ4v) is 2.41. The van der Waals surface area contributed by atoms with E-state index >= 15 is 0 Å². The number of Topliss-reactive ketones (excluding diaryl/α,β-unsaturated/α-hetero) is 1. The molecule has 0 spiro atoms. The molecule has 0 amide bonds. The van der Waals surface area contributed by atoms with Gasteiger partial charge in [-0.1, -0.05) is 13.3 Å². The summed E-state index contributed by atoms with van der Waals surface area (Å²) in [7, 11) is 0. The van der Waals surface area contributed by atoms with Crippen LogP contribution < -0.4 is 0 Å². The molecule has 0 radical (unpaired) electrons. The van der Waals surface area contributed by atoms with Gasteiger partial charge in [0, 0.05) is 6.92 Å². The first-order chi connectivity index (χ1) is 7.72. The van der Waals surface area contributed by atoms with Gasteiger partial charge in [-0.3, -0.25) is 14.8 Å². The molecule has 0 aliphatic carbocycles. The molecule has 88 valence electrons. The molecule has 4 heteroatoms. The Morgan fingerprint density at radius 2 is 2.44 bits per heavy atom. The van der Waals surface area contributed by atoms with Crippen molar-refractivity contribution in [1.29, 1.82) is 0 Å². The minimum Gasteiger partial charge on any atom is -0.295 e. The smallest absolute Gasteiger partial charge is 0.179 e. The zero-order valence-corrected chi connectivity index (χ0v) is 9.99. The van der Waals surface area contributed by atoms with E-state index in [1.165, 1.54) is 12.8 Å². The van der Waals surface area contributed by atoms with Crippen molar-refractivity contribution in [1.82, 2.24) is 15.1 Å². The largest absolute Gasteiger partial charge is 0.295 e. The first-order valence-electron chi connectivity index (χ1n) is 6.02. The van der Waals surface area contributed by atoms with Crippen LogP contribution in [0, 0.1) is 0 Å². The highest BCUT2D eigenvalue weighted by Gasteiger charge is 2.24. The van der Waals surface area contributed by atoms with Crippen LogP contribution in [-0.2, 0) is 0 Å². The van der Waals surface area contributed by atoms with Crippen LogP contribution in [0.4, 0.5) is 0 Å². The molecular formula is C12H19N3O. The summed E-state index contributed by atoms with van der Waals surface area (Å²) in [6, 6.07) is 2.32. The Kier molecular flexibility index (Phi) is 3.39. The molecule has 1 aliphatic rings. The van der Waals surface area contributed by atoms with E-state index in [0.29, 0.717) is 11.7 Å². The highest BCUT2D eigenvalue weighted by atomic mass is 16.1. The minimum absolute atomic E-state index is 0.0290. The van der Waals surface area contributed by atoms with E-state index < -0.39 is 0 Å². The Labute approximate surface area is 96.0 Å². The lowest BCUT2D eigenvalue weighted by Gasteiger charge is -2.33. The van der Waals surface area contributed by atoms with Crippen LogP contribution in [0.2, 0.25) is 0 Å². The van der Waals surface area contributed by atoms with Gasteiger partial charge in [-0.15, -0.1) is 0 Å². The summed E-state index contributed by atoms with van der Waals surface area (Å²) in [5, 5.41) is 7.07. The number of aromatic amines is 1. The van der Waals surface area contributed by atoms with E-state index in [0.717, 1.165) is 25.2 Å². The number of hydrogen-bond acceptors (Lipinski definition) is 3. The van der Waals surface area contributed by atoms with Gasteiger partial charge >= 0.3 is 0 Å². The maximum absolute atomic E-state index is 11.2. The van der Waals surface area contributed by atoms with Gasteiger partial charge < -0.3 is 0 Å². The second-order valence-electron chi connectivity index (χ2n) is 4.40. The van der Waals surface area contributed by atoms with Crippen LogP contribution in [0.3, 0.4) is 0 Å². The monoisotopic (exact) mass is 221 g/mol. The van der Waals surface area contributed by atoms with Crippen molar-refractivity contribution in [2.24, 2.45) is 0 Å². The van der Waals surface area contributed by atoms with Crippen LogP contribution in [0.5, 0.6) is 0 Å². The number of H-pyrrole nitrogens is 1. The van der Waals surface area contributed by atoms with Gasteiger partial charge in [0.1, 0.15) is 5.69 Å². The molecule has 4 nitrogen and oxygen atoms in total. The normalized spacial score (nSPS) is 22.2. The molecule has 0 aromatic carbocycles. The molecule has 16 heavy (non-hydrogen) atoms. The predicted molar refractivity (Wildman–Crippen MR) is 62.4 cm³/mol. The molecule has 1 aromatic rings. The van der Waals surface area contributed by atoms with Gasteiger partial charge in [0.2, 0.25) is 0 Å². The second kappa shape index (κ2) is 4.78. The van der Waals surface area contributed by atoms with Gasteiger partial charge in [-0.2, -0.15) is 5.10 Å². The van der Waals surface area contributed by atoms with Crippen LogP contribution in [-0.4, -0.2) is 34.0 Å². The molecule has 0 bridgehead atoms. The quantitative estimate of drug-likeness (QED) is 0.796. The average Bonchev–Trinajstić information content (AvgIpc) is 2.78. The Morgan fingerprint density at radius 1 is 1.62 bits per heavy atom. The van der Waals surface area contributed by atoms with Gasteiger partial charge in [0.05, 0.1) is 11.7 Å². The summed E-state index contributed by atoms with van der Waals surface area (Å²) in [4.78, 5) is 13.6. The number of ketones is 1. The molecule has 1 saturated heterocycles. The first-order valence-corrected chi connectivity index (χ1v) is 6.02. The van der Waals surface area contributed by atoms with Crippen molar-refractivity contribution in [3.63, 3.8) is 0 Å². The lowest BCUT2D eigenvalue weighted by molar-refractivity contribution is 0.101. The maximum Gasteiger partial charge on any atom is 0.179 e. The van der Waals surface area contributed by atoms with Crippen molar-refractivity contribution in [3.05, 3.63) is 17.5 Å². The van der Waals surface area contributed by atoms with Gasteiger partial charge in [0.15, 0.2) is 5.78 Å². The second-order valence-corrected chi connectivity index (χ2v) is 4.40. The zero-order chi connectivity index (χ0) is 11.5. The number of nitrogens with zero attached hydrogens (tertiary/aromatic N) is 2. The topological polar surface area (TPSA) is 49.0 Å². The molecule has 1 fully saturated rings. The molecule has 2 rings (SSSR count). The van der Waals surface area contributed by atoms with Crippen molar-refractivity contribution in [2.45, 2.75) is 39.2 Å². The number of likely N-dealkylation sites (tertiary alicyclic amines) is 1. The summed E-state index contributed by atoms with van der Waals surface area (Å²) < 4.78 is 0. The number of nitrogens with one attached hydrogen (secondary N) is 1. The summed E-state index contributed by atoms with van der Waals surface area (Å²) in [5.74, 6) is 0.0290. The SMILES string of the molecule is CCN1CCCCC1c1cc(C(C)=O)n[nH]1. The van der Waals surface area contributed by atoms with E-state index in [9.17, 15) is 4.79 Å². The van der Waals surface area contributed by atoms with E-state index in [1.54, 1.807) is 6.92 Å². The first kappa shape index (κ1) is 11.3. The number of rotatable bonds is 3. The molecule has 1 unspecified atom stereocenters. The molecule has 2 heterocycles. The Hall–Kier alpha value is -1.16. The number of hydrogen-bond donors (Lipinski definition) is 1. The lowest BCUT2D eigenvalue weighted by Crippen LogP contribution is -2.33. The van der Waals surface area contributed by atoms with E-state index in [2.05, 4.69) is 22.0 Å². The highest BCUT2D eigenvalue weighted by Crippen LogP contribution is 2.29. The summed E-state index contributed by atoms with van der Waals surface area (Å²) in [5.41, 5.74) is 1.64.